The zero-order valence-electron chi connectivity index (χ0n) is 4.63. The van der Waals surface area contributed by atoms with Crippen LogP contribution in [-0.4, -0.2) is 23.9 Å². The van der Waals surface area contributed by atoms with Gasteiger partial charge in [-0.25, -0.2) is 0 Å². The van der Waals surface area contributed by atoms with Gasteiger partial charge in [-0.15, -0.1) is 0 Å². The summed E-state index contributed by atoms with van der Waals surface area (Å²) in [5, 5.41) is 8.18. The normalized spacial score (nSPS) is 12.9. The highest BCUT2D eigenvalue weighted by atomic mass is 16.6. The third kappa shape index (κ3) is 3.58. The van der Waals surface area contributed by atoms with Crippen molar-refractivity contribution in [2.45, 2.75) is 13.2 Å². The van der Waals surface area contributed by atoms with Crippen LogP contribution in [0.5, 0.6) is 0 Å². The fourth-order valence-electron chi connectivity index (χ4n) is 0.250. The van der Waals surface area contributed by atoms with Crippen LogP contribution < -0.4 is 5.73 Å². The van der Waals surface area contributed by atoms with Gasteiger partial charge < -0.3 is 9.84 Å². The fourth-order valence-corrected chi connectivity index (χ4v) is 0.250. The predicted octanol–water partition coefficient (Wildman–Crippen LogP) is -1.17. The number of carbonyl (C=O) groups excluding carboxylic acids is 1. The molecule has 4 heteroatoms. The van der Waals surface area contributed by atoms with Crippen molar-refractivity contribution >= 4 is 5.97 Å². The van der Waals surface area contributed by atoms with Crippen molar-refractivity contribution in [3.05, 3.63) is 0 Å². The molecule has 0 radical (unpaired) electrons. The van der Waals surface area contributed by atoms with Gasteiger partial charge in [0.1, 0.15) is 0 Å². The number of nitrogens with two attached hydrogens (primary N) is 1. The van der Waals surface area contributed by atoms with Crippen molar-refractivity contribution < 1.29 is 14.6 Å². The van der Waals surface area contributed by atoms with Crippen LogP contribution in [0, 0.1) is 0 Å². The van der Waals surface area contributed by atoms with E-state index in [1.54, 1.807) is 0 Å². The minimum atomic E-state index is -0.868. The van der Waals surface area contributed by atoms with Gasteiger partial charge >= 0.3 is 5.97 Å². The number of ether oxygens (including phenoxy) is 1. The van der Waals surface area contributed by atoms with E-state index in [-0.39, 0.29) is 6.61 Å². The van der Waals surface area contributed by atoms with Crippen LogP contribution in [-0.2, 0) is 9.53 Å². The number of esters is 1. The summed E-state index contributed by atoms with van der Waals surface area (Å²) in [6, 6.07) is 0. The first kappa shape index (κ1) is 7.39. The monoisotopic (exact) mass is 119 g/mol. The number of carbonyl (C=O) groups is 1. The summed E-state index contributed by atoms with van der Waals surface area (Å²) in [5.74, 6) is -0.480. The summed E-state index contributed by atoms with van der Waals surface area (Å²) in [5.41, 5.74) is 4.98. The standard InChI is InChI=1S/C4H9NO3/c1-3(7)8-4(5)2-6/h4,6H,2,5H2,1H3/t4-/m1/s1. The lowest BCUT2D eigenvalue weighted by atomic mass is 10.6. The lowest BCUT2D eigenvalue weighted by Gasteiger charge is -2.05. The molecule has 0 saturated heterocycles. The Morgan fingerprint density at radius 1 is 2.00 bits per heavy atom. The smallest absolute Gasteiger partial charge is 0.304 e. The summed E-state index contributed by atoms with van der Waals surface area (Å²) in [7, 11) is 0. The van der Waals surface area contributed by atoms with Gasteiger partial charge in [0, 0.05) is 6.92 Å². The van der Waals surface area contributed by atoms with Gasteiger partial charge in [0.15, 0.2) is 6.23 Å². The summed E-state index contributed by atoms with van der Waals surface area (Å²) < 4.78 is 4.29. The van der Waals surface area contributed by atoms with Crippen LogP contribution in [0.1, 0.15) is 6.92 Å². The van der Waals surface area contributed by atoms with E-state index < -0.39 is 12.2 Å². The number of aliphatic hydroxyl groups excluding tert-OH is 1. The molecule has 0 fully saturated rings. The van der Waals surface area contributed by atoms with Crippen molar-refractivity contribution in [1.29, 1.82) is 0 Å². The third-order valence-corrected chi connectivity index (χ3v) is 0.497. The van der Waals surface area contributed by atoms with Gasteiger partial charge in [-0.2, -0.15) is 0 Å². The van der Waals surface area contributed by atoms with E-state index in [2.05, 4.69) is 4.74 Å². The highest BCUT2D eigenvalue weighted by molar-refractivity contribution is 5.66. The first-order valence-electron chi connectivity index (χ1n) is 2.20. The van der Waals surface area contributed by atoms with Crippen molar-refractivity contribution in [1.82, 2.24) is 0 Å². The molecular weight excluding hydrogens is 110 g/mol. The molecule has 0 unspecified atom stereocenters. The number of rotatable bonds is 2. The Morgan fingerprint density at radius 3 is 2.62 bits per heavy atom. The SMILES string of the molecule is CC(=O)O[C@@H](N)CO. The molecule has 0 aromatic carbocycles. The predicted molar refractivity (Wildman–Crippen MR) is 26.8 cm³/mol. The lowest BCUT2D eigenvalue weighted by Crippen LogP contribution is -2.29. The lowest BCUT2D eigenvalue weighted by molar-refractivity contribution is -0.147. The van der Waals surface area contributed by atoms with E-state index in [0.29, 0.717) is 0 Å². The molecule has 0 heterocycles. The second kappa shape index (κ2) is 3.40. The van der Waals surface area contributed by atoms with E-state index in [1.165, 1.54) is 6.92 Å². The highest BCUT2D eigenvalue weighted by Crippen LogP contribution is 1.79. The van der Waals surface area contributed by atoms with Crippen molar-refractivity contribution in [2.75, 3.05) is 6.61 Å². The number of hydrogen-bond acceptors (Lipinski definition) is 4. The van der Waals surface area contributed by atoms with E-state index in [4.69, 9.17) is 10.8 Å². The summed E-state index contributed by atoms with van der Waals surface area (Å²) in [4.78, 5) is 10.00. The maximum atomic E-state index is 10.00. The summed E-state index contributed by atoms with van der Waals surface area (Å²) >= 11 is 0. The fraction of sp³-hybridized carbons (Fsp3) is 0.750. The molecule has 3 N–H and O–H groups in total. The summed E-state index contributed by atoms with van der Waals surface area (Å²) in [6.45, 7) is 0.898. The molecule has 0 aliphatic rings. The molecule has 0 spiro atoms. The second-order valence-corrected chi connectivity index (χ2v) is 1.33. The topological polar surface area (TPSA) is 72.5 Å². The first-order valence-corrected chi connectivity index (χ1v) is 2.20. The molecule has 0 rings (SSSR count). The van der Waals surface area contributed by atoms with Crippen LogP contribution in [0.15, 0.2) is 0 Å². The molecular formula is C4H9NO3. The van der Waals surface area contributed by atoms with Gasteiger partial charge in [-0.3, -0.25) is 10.5 Å². The van der Waals surface area contributed by atoms with E-state index in [9.17, 15) is 4.79 Å². The average Bonchev–Trinajstić information content (AvgIpc) is 1.65. The molecule has 0 aromatic rings. The molecule has 0 aliphatic heterocycles. The van der Waals surface area contributed by atoms with Crippen molar-refractivity contribution in [2.24, 2.45) is 5.73 Å². The molecule has 0 aliphatic carbocycles. The van der Waals surface area contributed by atoms with Gasteiger partial charge in [0.05, 0.1) is 6.61 Å². The van der Waals surface area contributed by atoms with Crippen LogP contribution >= 0.6 is 0 Å². The Bertz CT molecular complexity index is 83.4. The second-order valence-electron chi connectivity index (χ2n) is 1.33. The Morgan fingerprint density at radius 2 is 2.50 bits per heavy atom. The number of aliphatic hydroxyl groups is 1. The van der Waals surface area contributed by atoms with Crippen molar-refractivity contribution in [3.8, 4) is 0 Å². The Labute approximate surface area is 47.2 Å². The molecule has 0 aromatic heterocycles. The van der Waals surface area contributed by atoms with E-state index in [1.807, 2.05) is 0 Å². The van der Waals surface area contributed by atoms with Gasteiger partial charge in [-0.1, -0.05) is 0 Å². The maximum absolute atomic E-state index is 10.00. The highest BCUT2D eigenvalue weighted by Gasteiger charge is 2.00. The maximum Gasteiger partial charge on any atom is 0.304 e. The molecule has 0 bridgehead atoms. The van der Waals surface area contributed by atoms with Crippen LogP contribution in [0.2, 0.25) is 0 Å². The van der Waals surface area contributed by atoms with Gasteiger partial charge in [0.25, 0.3) is 0 Å². The average molecular weight is 119 g/mol. The molecule has 0 amide bonds. The minimum absolute atomic E-state index is 0.334. The molecule has 4 nitrogen and oxygen atoms in total. The third-order valence-electron chi connectivity index (χ3n) is 0.497. The molecule has 1 atom stereocenters. The minimum Gasteiger partial charge on any atom is -0.444 e. The Balaban J connectivity index is 3.24. The largest absolute Gasteiger partial charge is 0.444 e. The summed E-state index contributed by atoms with van der Waals surface area (Å²) in [6.07, 6.45) is -0.868. The molecule has 8 heavy (non-hydrogen) atoms. The van der Waals surface area contributed by atoms with Gasteiger partial charge in [0.2, 0.25) is 0 Å². The van der Waals surface area contributed by atoms with E-state index >= 15 is 0 Å². The van der Waals surface area contributed by atoms with Crippen LogP contribution in [0.25, 0.3) is 0 Å². The Kier molecular flexibility index (Phi) is 3.14. The van der Waals surface area contributed by atoms with Gasteiger partial charge in [-0.05, 0) is 0 Å². The zero-order valence-corrected chi connectivity index (χ0v) is 4.63. The quantitative estimate of drug-likeness (QED) is 0.355. The van der Waals surface area contributed by atoms with Crippen LogP contribution in [0.4, 0.5) is 0 Å². The molecule has 0 saturated carbocycles. The first-order chi connectivity index (χ1) is 3.66. The molecule has 48 valence electrons. The van der Waals surface area contributed by atoms with Crippen molar-refractivity contribution in [3.63, 3.8) is 0 Å². The van der Waals surface area contributed by atoms with Crippen LogP contribution in [0.3, 0.4) is 0 Å². The Hall–Kier alpha value is -0.610. The number of hydrogen-bond donors (Lipinski definition) is 2. The zero-order chi connectivity index (χ0) is 6.57. The van der Waals surface area contributed by atoms with E-state index in [0.717, 1.165) is 0 Å².